The van der Waals surface area contributed by atoms with Gasteiger partial charge in [-0.3, -0.25) is 14.2 Å². The number of aryl methyl sites for hydroxylation is 2. The summed E-state index contributed by atoms with van der Waals surface area (Å²) in [4.78, 5) is 41.3. The van der Waals surface area contributed by atoms with E-state index in [0.717, 1.165) is 15.7 Å². The van der Waals surface area contributed by atoms with Crippen molar-refractivity contribution in [3.8, 4) is 0 Å². The Kier molecular flexibility index (Phi) is 6.10. The monoisotopic (exact) mass is 430 g/mol. The van der Waals surface area contributed by atoms with Crippen LogP contribution in [0, 0.1) is 13.8 Å². The molecule has 0 spiro atoms. The van der Waals surface area contributed by atoms with Gasteiger partial charge in [0, 0.05) is 21.2 Å². The predicted octanol–water partition coefficient (Wildman–Crippen LogP) is 4.30. The van der Waals surface area contributed by atoms with Gasteiger partial charge in [0.25, 0.3) is 5.56 Å². The summed E-state index contributed by atoms with van der Waals surface area (Å²) in [6.45, 7) is 5.55. The summed E-state index contributed by atoms with van der Waals surface area (Å²) in [5, 5.41) is 0.823. The fourth-order valence-electron chi connectivity index (χ4n) is 3.41. The van der Waals surface area contributed by atoms with Crippen molar-refractivity contribution >= 4 is 29.0 Å². The first-order chi connectivity index (χ1) is 13.7. The van der Waals surface area contributed by atoms with Crippen molar-refractivity contribution in [1.82, 2.24) is 9.55 Å². The molecule has 0 bridgehead atoms. The van der Waals surface area contributed by atoms with E-state index in [4.69, 9.17) is 23.2 Å². The van der Waals surface area contributed by atoms with Crippen LogP contribution in [0.2, 0.25) is 10.0 Å². The molecule has 150 valence electrons. The van der Waals surface area contributed by atoms with Gasteiger partial charge < -0.3 is 4.98 Å². The molecule has 0 aliphatic carbocycles. The van der Waals surface area contributed by atoms with E-state index >= 15 is 0 Å². The lowest BCUT2D eigenvalue weighted by Crippen LogP contribution is -2.39. The first-order valence-corrected chi connectivity index (χ1v) is 9.89. The van der Waals surface area contributed by atoms with Crippen LogP contribution >= 0.6 is 23.2 Å². The number of hydrogen-bond acceptors (Lipinski definition) is 3. The molecular formula is C22H20Cl2N2O3. The van der Waals surface area contributed by atoms with Crippen LogP contribution in [0.4, 0.5) is 0 Å². The van der Waals surface area contributed by atoms with E-state index in [2.05, 4.69) is 4.98 Å². The number of aromatic amines is 1. The maximum atomic E-state index is 13.0. The van der Waals surface area contributed by atoms with Gasteiger partial charge in [0.1, 0.15) is 0 Å². The Hall–Kier alpha value is -2.63. The van der Waals surface area contributed by atoms with Crippen molar-refractivity contribution in [2.75, 3.05) is 0 Å². The zero-order valence-electron chi connectivity index (χ0n) is 16.3. The van der Waals surface area contributed by atoms with Gasteiger partial charge in [0.05, 0.1) is 12.2 Å². The van der Waals surface area contributed by atoms with Gasteiger partial charge in [0.15, 0.2) is 0 Å². The van der Waals surface area contributed by atoms with E-state index in [9.17, 15) is 14.4 Å². The van der Waals surface area contributed by atoms with Crippen LogP contribution in [0.3, 0.4) is 0 Å². The molecule has 0 fully saturated rings. The number of nitrogens with one attached hydrogen (secondary N) is 1. The molecule has 0 amide bonds. The Morgan fingerprint density at radius 2 is 1.55 bits per heavy atom. The second kappa shape index (κ2) is 8.39. The summed E-state index contributed by atoms with van der Waals surface area (Å²) in [7, 11) is 0. The fourth-order valence-corrected chi connectivity index (χ4v) is 3.98. The third kappa shape index (κ3) is 4.52. The Labute approximate surface area is 177 Å². The molecule has 0 atom stereocenters. The number of halogens is 2. The number of nitrogens with zero attached hydrogens (tertiary/aromatic N) is 1. The third-order valence-corrected chi connectivity index (χ3v) is 5.05. The van der Waals surface area contributed by atoms with Gasteiger partial charge in [-0.25, -0.2) is 4.79 Å². The van der Waals surface area contributed by atoms with Crippen LogP contribution in [0.15, 0.2) is 46.0 Å². The molecule has 0 saturated carbocycles. The lowest BCUT2D eigenvalue weighted by atomic mass is 9.99. The summed E-state index contributed by atoms with van der Waals surface area (Å²) in [6, 6.07) is 10.3. The highest BCUT2D eigenvalue weighted by molar-refractivity contribution is 6.34. The van der Waals surface area contributed by atoms with E-state index in [-0.39, 0.29) is 23.6 Å². The van der Waals surface area contributed by atoms with E-state index in [1.807, 2.05) is 19.9 Å². The second-order valence-electron chi connectivity index (χ2n) is 7.01. The van der Waals surface area contributed by atoms with Crippen LogP contribution in [0.1, 0.15) is 45.2 Å². The van der Waals surface area contributed by atoms with E-state index in [1.165, 1.54) is 0 Å². The van der Waals surface area contributed by atoms with Gasteiger partial charge in [-0.05, 0) is 56.2 Å². The Morgan fingerprint density at radius 1 is 0.966 bits per heavy atom. The quantitative estimate of drug-likeness (QED) is 0.613. The maximum absolute atomic E-state index is 13.0. The highest BCUT2D eigenvalue weighted by Gasteiger charge is 2.20. The summed E-state index contributed by atoms with van der Waals surface area (Å²) in [5.74, 6) is -0.374. The molecule has 1 aromatic heterocycles. The summed E-state index contributed by atoms with van der Waals surface area (Å²) in [5.41, 5.74) is 2.06. The Bertz CT molecular complexity index is 1190. The number of carbonyl (C=O) groups excluding carboxylic acids is 1. The summed E-state index contributed by atoms with van der Waals surface area (Å²) < 4.78 is 1.05. The molecule has 3 aromatic rings. The minimum absolute atomic E-state index is 0.000525. The van der Waals surface area contributed by atoms with E-state index < -0.39 is 11.2 Å². The van der Waals surface area contributed by atoms with Gasteiger partial charge in [-0.1, -0.05) is 47.3 Å². The number of carbonyl (C=O) groups is 1. The topological polar surface area (TPSA) is 71.9 Å². The van der Waals surface area contributed by atoms with Crippen molar-refractivity contribution in [1.29, 1.82) is 0 Å². The van der Waals surface area contributed by atoms with E-state index in [1.54, 1.807) is 37.3 Å². The number of rotatable bonds is 5. The summed E-state index contributed by atoms with van der Waals surface area (Å²) >= 11 is 12.0. The van der Waals surface area contributed by atoms with Crippen molar-refractivity contribution in [3.05, 3.63) is 101 Å². The summed E-state index contributed by atoms with van der Waals surface area (Å²) in [6.07, 6.45) is 0.303. The average molecular weight is 431 g/mol. The molecule has 0 unspecified atom stereocenters. The second-order valence-corrected chi connectivity index (χ2v) is 7.88. The molecule has 29 heavy (non-hydrogen) atoms. The number of ketones is 1. The number of H-pyrrole nitrogens is 1. The highest BCUT2D eigenvalue weighted by Crippen LogP contribution is 2.19. The zero-order chi connectivity index (χ0) is 21.3. The van der Waals surface area contributed by atoms with Crippen molar-refractivity contribution in [2.24, 2.45) is 0 Å². The number of benzene rings is 2. The normalized spacial score (nSPS) is 10.9. The molecule has 2 aromatic carbocycles. The molecule has 7 heteroatoms. The van der Waals surface area contributed by atoms with Gasteiger partial charge >= 0.3 is 5.69 Å². The highest BCUT2D eigenvalue weighted by atomic mass is 35.5. The van der Waals surface area contributed by atoms with Gasteiger partial charge in [-0.2, -0.15) is 0 Å². The van der Waals surface area contributed by atoms with Crippen LogP contribution in [-0.2, 0) is 13.0 Å². The molecule has 0 radical (unpaired) electrons. The first-order valence-electron chi connectivity index (χ1n) is 9.13. The smallest absolute Gasteiger partial charge is 0.303 e. The largest absolute Gasteiger partial charge is 0.329 e. The lowest BCUT2D eigenvalue weighted by Gasteiger charge is -2.12. The minimum Gasteiger partial charge on any atom is -0.303 e. The van der Waals surface area contributed by atoms with Gasteiger partial charge in [0.2, 0.25) is 5.78 Å². The molecule has 5 nitrogen and oxygen atoms in total. The van der Waals surface area contributed by atoms with Crippen LogP contribution < -0.4 is 11.2 Å². The first kappa shape index (κ1) is 21.1. The predicted molar refractivity (Wildman–Crippen MR) is 116 cm³/mol. The Balaban J connectivity index is 2.11. The maximum Gasteiger partial charge on any atom is 0.329 e. The molecule has 0 aliphatic rings. The van der Waals surface area contributed by atoms with Gasteiger partial charge in [-0.15, -0.1) is 0 Å². The molecular weight excluding hydrogens is 411 g/mol. The molecule has 3 rings (SSSR count). The van der Waals surface area contributed by atoms with Crippen LogP contribution in [-0.4, -0.2) is 15.3 Å². The third-order valence-electron chi connectivity index (χ3n) is 4.61. The fraction of sp³-hybridized carbons (Fsp3) is 0.227. The molecule has 0 aliphatic heterocycles. The SMILES string of the molecule is CCc1c(C(=O)c2cc(C)cc(C)c2)[nH]c(=O)n(Cc2cc(Cl)cc(Cl)c2)c1=O. The zero-order valence-corrected chi connectivity index (χ0v) is 17.8. The standard InChI is InChI=1S/C22H20Cl2N2O3/c1-4-18-19(20(27)15-6-12(2)5-13(3)7-15)25-22(29)26(21(18)28)11-14-8-16(23)10-17(24)9-14/h5-10H,4,11H2,1-3H3,(H,25,29). The molecule has 1 N–H and O–H groups in total. The average Bonchev–Trinajstić information content (AvgIpc) is 2.62. The number of hydrogen-bond donors (Lipinski definition) is 1. The van der Waals surface area contributed by atoms with Crippen LogP contribution in [0.25, 0.3) is 0 Å². The molecule has 1 heterocycles. The van der Waals surface area contributed by atoms with Crippen molar-refractivity contribution < 1.29 is 4.79 Å². The van der Waals surface area contributed by atoms with E-state index in [0.29, 0.717) is 27.6 Å². The number of aromatic nitrogens is 2. The molecule has 0 saturated heterocycles. The minimum atomic E-state index is -0.656. The van der Waals surface area contributed by atoms with Crippen molar-refractivity contribution in [3.63, 3.8) is 0 Å². The van der Waals surface area contributed by atoms with Crippen molar-refractivity contribution in [2.45, 2.75) is 33.7 Å². The lowest BCUT2D eigenvalue weighted by molar-refractivity contribution is 0.103. The van der Waals surface area contributed by atoms with Crippen LogP contribution in [0.5, 0.6) is 0 Å². The Morgan fingerprint density at radius 3 is 2.10 bits per heavy atom.